The van der Waals surface area contributed by atoms with Gasteiger partial charge in [0.2, 0.25) is 0 Å². The summed E-state index contributed by atoms with van der Waals surface area (Å²) in [4.78, 5) is 0. The SMILES string of the molecule is C/C=C\SCCC1(OC)CCC(C)CC1.CC. The van der Waals surface area contributed by atoms with E-state index in [1.807, 2.05) is 32.7 Å². The minimum atomic E-state index is 0.196. The Kier molecular flexibility index (Phi) is 10.0. The molecule has 2 heteroatoms. The van der Waals surface area contributed by atoms with Gasteiger partial charge in [-0.05, 0) is 50.4 Å². The molecule has 0 heterocycles. The lowest BCUT2D eigenvalue weighted by atomic mass is 9.78. The van der Waals surface area contributed by atoms with Crippen LogP contribution in [0.15, 0.2) is 11.5 Å². The molecule has 17 heavy (non-hydrogen) atoms. The van der Waals surface area contributed by atoms with Crippen molar-refractivity contribution in [3.05, 3.63) is 11.5 Å². The molecule has 1 rings (SSSR count). The van der Waals surface area contributed by atoms with Crippen molar-refractivity contribution in [1.29, 1.82) is 0 Å². The Hall–Kier alpha value is 0.0500. The van der Waals surface area contributed by atoms with Gasteiger partial charge in [0.15, 0.2) is 0 Å². The summed E-state index contributed by atoms with van der Waals surface area (Å²) in [6.45, 7) is 8.43. The van der Waals surface area contributed by atoms with Crippen LogP contribution >= 0.6 is 11.8 Å². The molecule has 0 bridgehead atoms. The van der Waals surface area contributed by atoms with Crippen molar-refractivity contribution in [3.8, 4) is 0 Å². The van der Waals surface area contributed by atoms with Crippen LogP contribution in [0.1, 0.15) is 59.8 Å². The van der Waals surface area contributed by atoms with E-state index in [2.05, 4.69) is 25.3 Å². The third kappa shape index (κ3) is 6.52. The Balaban J connectivity index is 0.00000121. The Bertz CT molecular complexity index is 193. The van der Waals surface area contributed by atoms with Crippen molar-refractivity contribution >= 4 is 11.8 Å². The first kappa shape index (κ1) is 17.1. The Morgan fingerprint density at radius 3 is 2.35 bits per heavy atom. The summed E-state index contributed by atoms with van der Waals surface area (Å²) >= 11 is 1.90. The van der Waals surface area contributed by atoms with E-state index >= 15 is 0 Å². The van der Waals surface area contributed by atoms with Gasteiger partial charge in [-0.1, -0.05) is 26.8 Å². The maximum absolute atomic E-state index is 5.77. The molecule has 0 radical (unpaired) electrons. The van der Waals surface area contributed by atoms with Crippen LogP contribution in [0.3, 0.4) is 0 Å². The molecule has 0 aromatic heterocycles. The van der Waals surface area contributed by atoms with Crippen LogP contribution in [-0.4, -0.2) is 18.5 Å². The number of hydrogen-bond acceptors (Lipinski definition) is 2. The van der Waals surface area contributed by atoms with Gasteiger partial charge in [0.05, 0.1) is 5.60 Å². The van der Waals surface area contributed by atoms with Crippen LogP contribution in [0.25, 0.3) is 0 Å². The van der Waals surface area contributed by atoms with Gasteiger partial charge < -0.3 is 4.74 Å². The van der Waals surface area contributed by atoms with Crippen molar-refractivity contribution in [2.45, 2.75) is 65.4 Å². The van der Waals surface area contributed by atoms with Gasteiger partial charge in [0, 0.05) is 12.9 Å². The fourth-order valence-corrected chi connectivity index (χ4v) is 3.07. The van der Waals surface area contributed by atoms with Gasteiger partial charge in [-0.2, -0.15) is 0 Å². The molecule has 0 amide bonds. The first-order chi connectivity index (χ1) is 8.22. The molecule has 1 aliphatic carbocycles. The predicted octanol–water partition coefficient (Wildman–Crippen LogP) is 5.26. The zero-order chi connectivity index (χ0) is 13.1. The molecule has 0 N–H and O–H groups in total. The van der Waals surface area contributed by atoms with Crippen molar-refractivity contribution in [3.63, 3.8) is 0 Å². The number of thioether (sulfide) groups is 1. The van der Waals surface area contributed by atoms with Crippen molar-refractivity contribution in [2.75, 3.05) is 12.9 Å². The topological polar surface area (TPSA) is 9.23 Å². The number of allylic oxidation sites excluding steroid dienone is 1. The second kappa shape index (κ2) is 10.0. The van der Waals surface area contributed by atoms with Crippen LogP contribution in [0.2, 0.25) is 0 Å². The normalized spacial score (nSPS) is 28.9. The first-order valence-electron chi connectivity index (χ1n) is 7.00. The average Bonchev–Trinajstić information content (AvgIpc) is 2.40. The maximum Gasteiger partial charge on any atom is 0.0687 e. The second-order valence-electron chi connectivity index (χ2n) is 4.66. The second-order valence-corrected chi connectivity index (χ2v) is 5.67. The molecular formula is C15H30OS. The zero-order valence-electron chi connectivity index (χ0n) is 12.3. The highest BCUT2D eigenvalue weighted by atomic mass is 32.2. The van der Waals surface area contributed by atoms with Gasteiger partial charge in [-0.15, -0.1) is 11.8 Å². The molecule has 0 aliphatic heterocycles. The van der Waals surface area contributed by atoms with Crippen LogP contribution in [-0.2, 0) is 4.74 Å². The molecule has 0 aromatic carbocycles. The lowest BCUT2D eigenvalue weighted by Gasteiger charge is -2.38. The molecule has 1 aliphatic rings. The van der Waals surface area contributed by atoms with Crippen molar-refractivity contribution < 1.29 is 4.74 Å². The highest BCUT2D eigenvalue weighted by molar-refractivity contribution is 8.02. The van der Waals surface area contributed by atoms with E-state index in [-0.39, 0.29) is 5.60 Å². The minimum Gasteiger partial charge on any atom is -0.378 e. The Morgan fingerprint density at radius 1 is 1.29 bits per heavy atom. The summed E-state index contributed by atoms with van der Waals surface area (Å²) in [5.41, 5.74) is 0.196. The Labute approximate surface area is 112 Å². The van der Waals surface area contributed by atoms with Gasteiger partial charge in [-0.3, -0.25) is 0 Å². The average molecular weight is 258 g/mol. The van der Waals surface area contributed by atoms with Crippen LogP contribution < -0.4 is 0 Å². The minimum absolute atomic E-state index is 0.196. The molecule has 0 unspecified atom stereocenters. The van der Waals surface area contributed by atoms with Gasteiger partial charge in [0.1, 0.15) is 0 Å². The quantitative estimate of drug-likeness (QED) is 0.622. The molecule has 1 fully saturated rings. The molecular weight excluding hydrogens is 228 g/mol. The third-order valence-electron chi connectivity index (χ3n) is 3.53. The van der Waals surface area contributed by atoms with E-state index < -0.39 is 0 Å². The summed E-state index contributed by atoms with van der Waals surface area (Å²) in [5.74, 6) is 2.09. The van der Waals surface area contributed by atoms with E-state index in [4.69, 9.17) is 4.74 Å². The fourth-order valence-electron chi connectivity index (χ4n) is 2.25. The van der Waals surface area contributed by atoms with E-state index in [0.29, 0.717) is 0 Å². The maximum atomic E-state index is 5.77. The smallest absolute Gasteiger partial charge is 0.0687 e. The van der Waals surface area contributed by atoms with Gasteiger partial charge in [0.25, 0.3) is 0 Å². The molecule has 0 aromatic rings. The summed E-state index contributed by atoms with van der Waals surface area (Å²) in [7, 11) is 1.89. The standard InChI is InChI=1S/C13H24OS.C2H6/c1-4-10-15-11-9-13(14-3)7-5-12(2)6-8-13;1-2/h4,10,12H,5-9,11H2,1-3H3;1-2H3/b10-4-;. The number of ether oxygens (including phenoxy) is 1. The summed E-state index contributed by atoms with van der Waals surface area (Å²) in [6.07, 6.45) is 8.48. The highest BCUT2D eigenvalue weighted by Crippen LogP contribution is 2.37. The largest absolute Gasteiger partial charge is 0.378 e. The van der Waals surface area contributed by atoms with Crippen LogP contribution in [0.5, 0.6) is 0 Å². The zero-order valence-corrected chi connectivity index (χ0v) is 13.1. The molecule has 1 saturated carbocycles. The molecule has 102 valence electrons. The van der Waals surface area contributed by atoms with Gasteiger partial charge in [-0.25, -0.2) is 0 Å². The van der Waals surface area contributed by atoms with E-state index in [0.717, 1.165) is 5.92 Å². The van der Waals surface area contributed by atoms with Crippen LogP contribution in [0.4, 0.5) is 0 Å². The summed E-state index contributed by atoms with van der Waals surface area (Å²) in [5, 5.41) is 2.18. The summed E-state index contributed by atoms with van der Waals surface area (Å²) in [6, 6.07) is 0. The van der Waals surface area contributed by atoms with E-state index in [1.54, 1.807) is 0 Å². The van der Waals surface area contributed by atoms with Crippen molar-refractivity contribution in [2.24, 2.45) is 5.92 Å². The molecule has 0 spiro atoms. The Morgan fingerprint density at radius 2 is 1.88 bits per heavy atom. The lowest BCUT2D eigenvalue weighted by molar-refractivity contribution is -0.0491. The molecule has 1 nitrogen and oxygen atoms in total. The van der Waals surface area contributed by atoms with Crippen LogP contribution in [0, 0.1) is 5.92 Å². The molecule has 0 saturated heterocycles. The first-order valence-corrected chi connectivity index (χ1v) is 8.05. The third-order valence-corrected chi connectivity index (χ3v) is 4.43. The van der Waals surface area contributed by atoms with Crippen molar-refractivity contribution in [1.82, 2.24) is 0 Å². The van der Waals surface area contributed by atoms with Gasteiger partial charge >= 0.3 is 0 Å². The fraction of sp³-hybridized carbons (Fsp3) is 0.867. The monoisotopic (exact) mass is 258 g/mol. The number of hydrogen-bond donors (Lipinski definition) is 0. The van der Waals surface area contributed by atoms with E-state index in [9.17, 15) is 0 Å². The number of rotatable bonds is 5. The van der Waals surface area contributed by atoms with E-state index in [1.165, 1.54) is 37.9 Å². The lowest BCUT2D eigenvalue weighted by Crippen LogP contribution is -2.36. The number of methoxy groups -OCH3 is 1. The summed E-state index contributed by atoms with van der Waals surface area (Å²) < 4.78 is 5.77. The highest BCUT2D eigenvalue weighted by Gasteiger charge is 2.33. The molecule has 0 atom stereocenters. The predicted molar refractivity (Wildman–Crippen MR) is 80.6 cm³/mol.